The predicted molar refractivity (Wildman–Crippen MR) is 84.9 cm³/mol. The molecule has 1 heterocycles. The third kappa shape index (κ3) is 4.22. The van der Waals surface area contributed by atoms with Crippen LogP contribution in [-0.4, -0.2) is 34.6 Å². The van der Waals surface area contributed by atoms with Crippen molar-refractivity contribution in [2.75, 3.05) is 7.11 Å². The van der Waals surface area contributed by atoms with Crippen LogP contribution in [0.5, 0.6) is 0 Å². The van der Waals surface area contributed by atoms with Crippen LogP contribution in [0.15, 0.2) is 0 Å². The van der Waals surface area contributed by atoms with Gasteiger partial charge in [-0.2, -0.15) is 0 Å². The van der Waals surface area contributed by atoms with Crippen molar-refractivity contribution in [1.29, 1.82) is 0 Å². The van der Waals surface area contributed by atoms with Crippen LogP contribution in [-0.2, 0) is 23.0 Å². The maximum absolute atomic E-state index is 12.4. The molecule has 1 N–H and O–H groups in total. The normalized spacial score (nSPS) is 12.3. The number of nitrogens with zero attached hydrogens (tertiary/aromatic N) is 2. The van der Waals surface area contributed by atoms with E-state index in [9.17, 15) is 9.59 Å². The number of halogens is 1. The molecule has 124 valence electrons. The summed E-state index contributed by atoms with van der Waals surface area (Å²) >= 11 is 6.09. The van der Waals surface area contributed by atoms with Crippen LogP contribution in [0.2, 0.25) is 5.15 Å². The zero-order chi connectivity index (χ0) is 16.9. The standard InChI is InChI=1S/C15H24ClN3O3/c1-6-7-8-10-17-13(16)12(19(10)4)14(20)18-11(9(2)3)15(21)22-5/h9,11H,6-8H2,1-5H3,(H,18,20)/t11-/m0/s1. The molecule has 6 nitrogen and oxygen atoms in total. The Balaban J connectivity index is 2.97. The number of methoxy groups -OCH3 is 1. The third-order valence-corrected chi connectivity index (χ3v) is 3.79. The van der Waals surface area contributed by atoms with Gasteiger partial charge in [0, 0.05) is 13.5 Å². The van der Waals surface area contributed by atoms with Gasteiger partial charge in [-0.15, -0.1) is 0 Å². The van der Waals surface area contributed by atoms with Gasteiger partial charge in [-0.3, -0.25) is 4.79 Å². The summed E-state index contributed by atoms with van der Waals surface area (Å²) in [5.41, 5.74) is 0.266. The second-order valence-electron chi connectivity index (χ2n) is 5.55. The molecule has 0 bridgehead atoms. The van der Waals surface area contributed by atoms with Gasteiger partial charge >= 0.3 is 5.97 Å². The Kier molecular flexibility index (Phi) is 6.87. The molecular weight excluding hydrogens is 306 g/mol. The number of esters is 1. The van der Waals surface area contributed by atoms with E-state index in [0.29, 0.717) is 0 Å². The second kappa shape index (κ2) is 8.17. The van der Waals surface area contributed by atoms with Gasteiger partial charge in [0.25, 0.3) is 5.91 Å². The first-order valence-corrected chi connectivity index (χ1v) is 7.81. The second-order valence-corrected chi connectivity index (χ2v) is 5.91. The first-order chi connectivity index (χ1) is 10.3. The molecule has 0 saturated heterocycles. The van der Waals surface area contributed by atoms with Crippen molar-refractivity contribution in [1.82, 2.24) is 14.9 Å². The number of ether oxygens (including phenoxy) is 1. The first-order valence-electron chi connectivity index (χ1n) is 7.43. The third-order valence-electron chi connectivity index (χ3n) is 3.52. The number of carbonyl (C=O) groups excluding carboxylic acids is 2. The van der Waals surface area contributed by atoms with Crippen molar-refractivity contribution in [3.8, 4) is 0 Å². The lowest BCUT2D eigenvalue weighted by molar-refractivity contribution is -0.144. The van der Waals surface area contributed by atoms with Gasteiger partial charge in [-0.25, -0.2) is 9.78 Å². The van der Waals surface area contributed by atoms with E-state index in [1.807, 2.05) is 13.8 Å². The van der Waals surface area contributed by atoms with Gasteiger partial charge in [0.1, 0.15) is 17.6 Å². The van der Waals surface area contributed by atoms with Gasteiger partial charge in [0.15, 0.2) is 5.15 Å². The lowest BCUT2D eigenvalue weighted by Gasteiger charge is -2.20. The van der Waals surface area contributed by atoms with Crippen molar-refractivity contribution >= 4 is 23.5 Å². The Morgan fingerprint density at radius 1 is 1.41 bits per heavy atom. The number of aryl methyl sites for hydroxylation is 1. The van der Waals surface area contributed by atoms with E-state index >= 15 is 0 Å². The number of amides is 1. The molecule has 0 aliphatic carbocycles. The number of hydrogen-bond acceptors (Lipinski definition) is 4. The fraction of sp³-hybridized carbons (Fsp3) is 0.667. The zero-order valence-corrected chi connectivity index (χ0v) is 14.5. The highest BCUT2D eigenvalue weighted by Crippen LogP contribution is 2.18. The molecule has 0 aliphatic heterocycles. The number of aromatic nitrogens is 2. The molecule has 1 aromatic rings. The molecule has 1 rings (SSSR count). The van der Waals surface area contributed by atoms with E-state index in [-0.39, 0.29) is 16.8 Å². The molecule has 0 unspecified atom stereocenters. The van der Waals surface area contributed by atoms with Crippen LogP contribution in [0, 0.1) is 5.92 Å². The van der Waals surface area contributed by atoms with E-state index in [2.05, 4.69) is 17.2 Å². The summed E-state index contributed by atoms with van der Waals surface area (Å²) in [5.74, 6) is -0.237. The van der Waals surface area contributed by atoms with Gasteiger partial charge in [0.2, 0.25) is 0 Å². The van der Waals surface area contributed by atoms with E-state index in [1.165, 1.54) is 7.11 Å². The van der Waals surface area contributed by atoms with E-state index in [0.717, 1.165) is 25.1 Å². The molecule has 0 aliphatic rings. The number of hydrogen-bond donors (Lipinski definition) is 1. The first kappa shape index (κ1) is 18.5. The van der Waals surface area contributed by atoms with Crippen LogP contribution in [0.3, 0.4) is 0 Å². The quantitative estimate of drug-likeness (QED) is 0.779. The van der Waals surface area contributed by atoms with Crippen molar-refractivity contribution in [3.05, 3.63) is 16.7 Å². The summed E-state index contributed by atoms with van der Waals surface area (Å²) < 4.78 is 6.40. The molecule has 1 amide bonds. The SMILES string of the molecule is CCCCc1nc(Cl)c(C(=O)N[C@H](C(=O)OC)C(C)C)n1C. The number of carbonyl (C=O) groups is 2. The van der Waals surface area contributed by atoms with Crippen LogP contribution in [0.25, 0.3) is 0 Å². The molecule has 0 spiro atoms. The Morgan fingerprint density at radius 2 is 2.05 bits per heavy atom. The van der Waals surface area contributed by atoms with Crippen molar-refractivity contribution < 1.29 is 14.3 Å². The van der Waals surface area contributed by atoms with Crippen molar-refractivity contribution in [2.24, 2.45) is 13.0 Å². The minimum absolute atomic E-state index is 0.0945. The summed E-state index contributed by atoms with van der Waals surface area (Å²) in [5, 5.41) is 2.83. The van der Waals surface area contributed by atoms with E-state index < -0.39 is 17.9 Å². The lowest BCUT2D eigenvalue weighted by Crippen LogP contribution is -2.45. The molecule has 0 radical (unpaired) electrons. The fourth-order valence-corrected chi connectivity index (χ4v) is 2.46. The summed E-state index contributed by atoms with van der Waals surface area (Å²) in [6.07, 6.45) is 2.76. The van der Waals surface area contributed by atoms with Crippen molar-refractivity contribution in [3.63, 3.8) is 0 Å². The monoisotopic (exact) mass is 329 g/mol. The van der Waals surface area contributed by atoms with Gasteiger partial charge < -0.3 is 14.6 Å². The highest BCUT2D eigenvalue weighted by atomic mass is 35.5. The smallest absolute Gasteiger partial charge is 0.328 e. The number of rotatable bonds is 7. The summed E-state index contributed by atoms with van der Waals surface area (Å²) in [6, 6.07) is -0.720. The molecule has 7 heteroatoms. The van der Waals surface area contributed by atoms with E-state index in [4.69, 9.17) is 16.3 Å². The minimum Gasteiger partial charge on any atom is -0.467 e. The molecule has 1 atom stereocenters. The summed E-state index contributed by atoms with van der Waals surface area (Å²) in [6.45, 7) is 5.75. The van der Waals surface area contributed by atoms with Gasteiger partial charge in [-0.05, 0) is 12.3 Å². The van der Waals surface area contributed by atoms with Gasteiger partial charge in [0.05, 0.1) is 7.11 Å². The lowest BCUT2D eigenvalue weighted by atomic mass is 10.0. The average Bonchev–Trinajstić information content (AvgIpc) is 2.75. The number of nitrogens with one attached hydrogen (secondary N) is 1. The van der Waals surface area contributed by atoms with Crippen LogP contribution in [0.4, 0.5) is 0 Å². The largest absolute Gasteiger partial charge is 0.467 e. The number of imidazole rings is 1. The highest BCUT2D eigenvalue weighted by Gasteiger charge is 2.28. The predicted octanol–water partition coefficient (Wildman–Crippen LogP) is 2.34. The van der Waals surface area contributed by atoms with Crippen LogP contribution < -0.4 is 5.32 Å². The average molecular weight is 330 g/mol. The minimum atomic E-state index is -0.720. The zero-order valence-electron chi connectivity index (χ0n) is 13.8. The maximum atomic E-state index is 12.4. The Bertz CT molecular complexity index is 540. The van der Waals surface area contributed by atoms with Crippen LogP contribution in [0.1, 0.15) is 49.9 Å². The van der Waals surface area contributed by atoms with E-state index in [1.54, 1.807) is 11.6 Å². The molecular formula is C15H24ClN3O3. The van der Waals surface area contributed by atoms with Crippen molar-refractivity contribution in [2.45, 2.75) is 46.1 Å². The highest BCUT2D eigenvalue weighted by molar-refractivity contribution is 6.32. The molecule has 22 heavy (non-hydrogen) atoms. The molecule has 0 saturated carbocycles. The molecule has 0 aromatic carbocycles. The van der Waals surface area contributed by atoms with Gasteiger partial charge in [-0.1, -0.05) is 38.8 Å². The topological polar surface area (TPSA) is 73.2 Å². The summed E-state index contributed by atoms with van der Waals surface area (Å²) in [4.78, 5) is 28.4. The van der Waals surface area contributed by atoms with Crippen LogP contribution >= 0.6 is 11.6 Å². The summed E-state index contributed by atoms with van der Waals surface area (Å²) in [7, 11) is 3.05. The fourth-order valence-electron chi connectivity index (χ4n) is 2.15. The number of unbranched alkanes of at least 4 members (excludes halogenated alkanes) is 1. The molecule has 0 fully saturated rings. The Labute approximate surface area is 136 Å². The molecule has 1 aromatic heterocycles. The Hall–Kier alpha value is -1.56. The maximum Gasteiger partial charge on any atom is 0.328 e. The Morgan fingerprint density at radius 3 is 2.55 bits per heavy atom.